The molecule has 0 fully saturated rings. The molecule has 0 atom stereocenters. The first-order valence-corrected chi connectivity index (χ1v) is 11.1. The van der Waals surface area contributed by atoms with E-state index >= 15 is 0 Å². The minimum Gasteiger partial charge on any atom is -0.457 e. The zero-order valence-electron chi connectivity index (χ0n) is 18.6. The predicted molar refractivity (Wildman–Crippen MR) is 129 cm³/mol. The quantitative estimate of drug-likeness (QED) is 0.336. The SMILES string of the molecule is CNC(=O)c1cc(Oc2ccc(NC(=O)c3nc(NC)sc3-c3ccc(F)cc3)c(F)c2)ccn1. The Balaban J connectivity index is 1.54. The van der Waals surface area contributed by atoms with Crippen LogP contribution in [0.3, 0.4) is 0 Å². The largest absolute Gasteiger partial charge is 0.457 e. The Hall–Kier alpha value is -4.38. The van der Waals surface area contributed by atoms with Crippen LogP contribution in [0.1, 0.15) is 21.0 Å². The fraction of sp³-hybridized carbons (Fsp3) is 0.0833. The monoisotopic (exact) mass is 495 g/mol. The fourth-order valence-corrected chi connectivity index (χ4v) is 4.00. The molecule has 0 aliphatic carbocycles. The Morgan fingerprint density at radius 3 is 2.37 bits per heavy atom. The minimum absolute atomic E-state index is 0.0733. The molecule has 2 aromatic carbocycles. The normalized spacial score (nSPS) is 10.5. The molecule has 4 rings (SSSR count). The number of amides is 2. The van der Waals surface area contributed by atoms with Crippen molar-refractivity contribution in [2.24, 2.45) is 0 Å². The molecule has 0 saturated carbocycles. The summed E-state index contributed by atoms with van der Waals surface area (Å²) in [6, 6.07) is 12.5. The third kappa shape index (κ3) is 5.41. The van der Waals surface area contributed by atoms with E-state index in [0.717, 1.165) is 6.07 Å². The molecular weight excluding hydrogens is 476 g/mol. The fourth-order valence-electron chi connectivity index (χ4n) is 3.08. The zero-order chi connectivity index (χ0) is 24.9. The van der Waals surface area contributed by atoms with Crippen molar-refractivity contribution >= 4 is 34.0 Å². The zero-order valence-corrected chi connectivity index (χ0v) is 19.4. The summed E-state index contributed by atoms with van der Waals surface area (Å²) in [5.41, 5.74) is 0.750. The average molecular weight is 496 g/mol. The van der Waals surface area contributed by atoms with Gasteiger partial charge in [-0.3, -0.25) is 14.6 Å². The van der Waals surface area contributed by atoms with E-state index in [-0.39, 0.29) is 28.7 Å². The molecule has 0 saturated heterocycles. The summed E-state index contributed by atoms with van der Waals surface area (Å²) in [7, 11) is 3.14. The molecule has 2 amide bonds. The van der Waals surface area contributed by atoms with Crippen molar-refractivity contribution in [1.82, 2.24) is 15.3 Å². The van der Waals surface area contributed by atoms with Crippen LogP contribution < -0.4 is 20.7 Å². The van der Waals surface area contributed by atoms with E-state index in [1.165, 1.54) is 61.0 Å². The van der Waals surface area contributed by atoms with Crippen LogP contribution in [-0.4, -0.2) is 35.9 Å². The molecular formula is C24H19F2N5O3S. The van der Waals surface area contributed by atoms with Gasteiger partial charge in [0.2, 0.25) is 0 Å². The first-order valence-electron chi connectivity index (χ1n) is 10.3. The number of carbonyl (C=O) groups excluding carboxylic acids is 2. The molecule has 2 aromatic heterocycles. The van der Waals surface area contributed by atoms with E-state index in [1.54, 1.807) is 19.2 Å². The summed E-state index contributed by atoms with van der Waals surface area (Å²) < 4.78 is 33.7. The van der Waals surface area contributed by atoms with Gasteiger partial charge in [0.05, 0.1) is 10.6 Å². The van der Waals surface area contributed by atoms with Crippen LogP contribution in [0.4, 0.5) is 19.6 Å². The molecule has 11 heteroatoms. The number of carbonyl (C=O) groups is 2. The highest BCUT2D eigenvalue weighted by Crippen LogP contribution is 2.34. The number of benzene rings is 2. The van der Waals surface area contributed by atoms with Crippen LogP contribution in [-0.2, 0) is 0 Å². The van der Waals surface area contributed by atoms with E-state index in [9.17, 15) is 18.4 Å². The lowest BCUT2D eigenvalue weighted by atomic mass is 10.1. The van der Waals surface area contributed by atoms with Crippen molar-refractivity contribution in [3.8, 4) is 21.9 Å². The van der Waals surface area contributed by atoms with E-state index in [0.29, 0.717) is 21.3 Å². The van der Waals surface area contributed by atoms with Gasteiger partial charge in [0.1, 0.15) is 34.5 Å². The Morgan fingerprint density at radius 1 is 0.943 bits per heavy atom. The maximum absolute atomic E-state index is 14.8. The standard InChI is InChI=1S/C24H19F2N5O3S/c1-27-22(32)19-12-16(9-10-29-19)34-15-7-8-18(17(26)11-15)30-23(33)20-21(35-24(28-2)31-20)13-3-5-14(25)6-4-13/h3-12H,1-2H3,(H,27,32)(H,28,31)(H,30,33). The number of rotatable bonds is 7. The second-order valence-electron chi connectivity index (χ2n) is 7.11. The molecule has 8 nitrogen and oxygen atoms in total. The maximum Gasteiger partial charge on any atom is 0.275 e. The topological polar surface area (TPSA) is 105 Å². The second kappa shape index (κ2) is 10.3. The summed E-state index contributed by atoms with van der Waals surface area (Å²) in [5.74, 6) is -1.70. The molecule has 0 spiro atoms. The first-order chi connectivity index (χ1) is 16.9. The molecule has 4 aromatic rings. The van der Waals surface area contributed by atoms with Gasteiger partial charge in [-0.15, -0.1) is 0 Å². The summed E-state index contributed by atoms with van der Waals surface area (Å²) in [4.78, 5) is 33.4. The number of aromatic nitrogens is 2. The number of nitrogens with zero attached hydrogens (tertiary/aromatic N) is 2. The molecule has 0 bridgehead atoms. The van der Waals surface area contributed by atoms with Crippen LogP contribution in [0.5, 0.6) is 11.5 Å². The second-order valence-corrected chi connectivity index (χ2v) is 8.11. The number of hydrogen-bond acceptors (Lipinski definition) is 7. The number of thiazole rings is 1. The van der Waals surface area contributed by atoms with Gasteiger partial charge in [-0.1, -0.05) is 23.5 Å². The van der Waals surface area contributed by atoms with Gasteiger partial charge in [0.25, 0.3) is 11.8 Å². The van der Waals surface area contributed by atoms with Crippen LogP contribution >= 0.6 is 11.3 Å². The minimum atomic E-state index is -0.733. The molecule has 178 valence electrons. The van der Waals surface area contributed by atoms with E-state index < -0.39 is 17.5 Å². The molecule has 0 aliphatic rings. The van der Waals surface area contributed by atoms with Gasteiger partial charge in [-0.05, 0) is 35.9 Å². The van der Waals surface area contributed by atoms with Crippen LogP contribution in [0.25, 0.3) is 10.4 Å². The third-order valence-corrected chi connectivity index (χ3v) is 5.90. The lowest BCUT2D eigenvalue weighted by molar-refractivity contribution is 0.0957. The Morgan fingerprint density at radius 2 is 1.69 bits per heavy atom. The first kappa shape index (κ1) is 23.8. The number of anilines is 2. The smallest absolute Gasteiger partial charge is 0.275 e. The highest BCUT2D eigenvalue weighted by atomic mass is 32.1. The Kier molecular flexibility index (Phi) is 6.97. The van der Waals surface area contributed by atoms with E-state index in [1.807, 2.05) is 0 Å². The molecule has 0 aliphatic heterocycles. The van der Waals surface area contributed by atoms with Gasteiger partial charge in [0, 0.05) is 32.4 Å². The van der Waals surface area contributed by atoms with E-state index in [2.05, 4.69) is 25.9 Å². The van der Waals surface area contributed by atoms with Gasteiger partial charge < -0.3 is 20.7 Å². The predicted octanol–water partition coefficient (Wildman–Crippen LogP) is 4.93. The summed E-state index contributed by atoms with van der Waals surface area (Å²) in [6.45, 7) is 0. The number of nitrogens with one attached hydrogen (secondary N) is 3. The van der Waals surface area contributed by atoms with E-state index in [4.69, 9.17) is 4.74 Å². The maximum atomic E-state index is 14.8. The summed E-state index contributed by atoms with van der Waals surface area (Å²) >= 11 is 1.22. The molecule has 0 radical (unpaired) electrons. The number of halogens is 2. The Bertz CT molecular complexity index is 1390. The van der Waals surface area contributed by atoms with Crippen molar-refractivity contribution in [3.05, 3.63) is 83.8 Å². The number of ether oxygens (including phenoxy) is 1. The molecule has 3 N–H and O–H groups in total. The van der Waals surface area contributed by atoms with Gasteiger partial charge in [-0.2, -0.15) is 0 Å². The number of hydrogen-bond donors (Lipinski definition) is 3. The van der Waals surface area contributed by atoms with Crippen molar-refractivity contribution < 1.29 is 23.1 Å². The van der Waals surface area contributed by atoms with Gasteiger partial charge >= 0.3 is 0 Å². The highest BCUT2D eigenvalue weighted by Gasteiger charge is 2.21. The van der Waals surface area contributed by atoms with Gasteiger partial charge in [-0.25, -0.2) is 13.8 Å². The molecule has 35 heavy (non-hydrogen) atoms. The van der Waals surface area contributed by atoms with Crippen LogP contribution in [0, 0.1) is 11.6 Å². The van der Waals surface area contributed by atoms with Crippen LogP contribution in [0.2, 0.25) is 0 Å². The average Bonchev–Trinajstić information content (AvgIpc) is 3.30. The Labute approximate surface area is 203 Å². The summed E-state index contributed by atoms with van der Waals surface area (Å²) in [6.07, 6.45) is 1.40. The van der Waals surface area contributed by atoms with Crippen molar-refractivity contribution in [2.75, 3.05) is 24.7 Å². The van der Waals surface area contributed by atoms with Crippen molar-refractivity contribution in [2.45, 2.75) is 0 Å². The van der Waals surface area contributed by atoms with Crippen molar-refractivity contribution in [3.63, 3.8) is 0 Å². The lowest BCUT2D eigenvalue weighted by Gasteiger charge is -2.10. The third-order valence-electron chi connectivity index (χ3n) is 4.78. The van der Waals surface area contributed by atoms with Crippen molar-refractivity contribution in [1.29, 1.82) is 0 Å². The van der Waals surface area contributed by atoms with Gasteiger partial charge in [0.15, 0.2) is 5.13 Å². The molecule has 0 unspecified atom stereocenters. The lowest BCUT2D eigenvalue weighted by Crippen LogP contribution is -2.18. The number of pyridine rings is 1. The highest BCUT2D eigenvalue weighted by molar-refractivity contribution is 7.19. The van der Waals surface area contributed by atoms with Crippen LogP contribution in [0.15, 0.2) is 60.8 Å². The summed E-state index contributed by atoms with van der Waals surface area (Å²) in [5, 5.41) is 8.33. The molecule has 2 heterocycles.